The number of aromatic nitrogens is 2. The van der Waals surface area contributed by atoms with Gasteiger partial charge in [-0.2, -0.15) is 5.10 Å². The Hall–Kier alpha value is -2.58. The summed E-state index contributed by atoms with van der Waals surface area (Å²) in [4.78, 5) is 14.8. The van der Waals surface area contributed by atoms with Crippen molar-refractivity contribution in [2.24, 2.45) is 0 Å². The standard InChI is InChI=1S/C18H22N4O4/c1-24-7-6-19-18(23)15-11-21(10-14-4-5-20-22(14)15)9-13-2-3-16-17(8-13)26-12-25-16/h2-5,8,15H,6-7,9-12H2,1H3,(H,19,23)/t15-/m0/s1. The number of carbonyl (C=O) groups excluding carboxylic acids is 1. The third-order valence-corrected chi connectivity index (χ3v) is 4.62. The molecule has 3 heterocycles. The van der Waals surface area contributed by atoms with E-state index in [2.05, 4.69) is 15.3 Å². The number of methoxy groups -OCH3 is 1. The van der Waals surface area contributed by atoms with Crippen LogP contribution in [0.4, 0.5) is 0 Å². The van der Waals surface area contributed by atoms with Gasteiger partial charge in [-0.25, -0.2) is 0 Å². The third-order valence-electron chi connectivity index (χ3n) is 4.62. The summed E-state index contributed by atoms with van der Waals surface area (Å²) in [6, 6.07) is 7.58. The van der Waals surface area contributed by atoms with E-state index in [-0.39, 0.29) is 18.7 Å². The van der Waals surface area contributed by atoms with Gasteiger partial charge in [-0.15, -0.1) is 0 Å². The van der Waals surface area contributed by atoms with Crippen molar-refractivity contribution in [1.29, 1.82) is 0 Å². The predicted octanol–water partition coefficient (Wildman–Crippen LogP) is 0.931. The Balaban J connectivity index is 1.47. The van der Waals surface area contributed by atoms with Crippen LogP contribution in [0.5, 0.6) is 11.5 Å². The molecule has 8 nitrogen and oxygen atoms in total. The normalized spacial score (nSPS) is 18.6. The van der Waals surface area contributed by atoms with E-state index in [0.717, 1.165) is 35.8 Å². The maximum atomic E-state index is 12.6. The molecule has 0 saturated carbocycles. The van der Waals surface area contributed by atoms with Crippen molar-refractivity contribution in [3.63, 3.8) is 0 Å². The van der Waals surface area contributed by atoms with Crippen LogP contribution in [0, 0.1) is 0 Å². The number of hydrogen-bond acceptors (Lipinski definition) is 6. The molecule has 0 fully saturated rings. The summed E-state index contributed by atoms with van der Waals surface area (Å²) >= 11 is 0. The van der Waals surface area contributed by atoms with E-state index >= 15 is 0 Å². The molecular formula is C18H22N4O4. The van der Waals surface area contributed by atoms with E-state index in [1.807, 2.05) is 28.9 Å². The van der Waals surface area contributed by atoms with Crippen LogP contribution < -0.4 is 14.8 Å². The first-order valence-electron chi connectivity index (χ1n) is 8.64. The highest BCUT2D eigenvalue weighted by atomic mass is 16.7. The fourth-order valence-electron chi connectivity index (χ4n) is 3.37. The molecular weight excluding hydrogens is 336 g/mol. The molecule has 2 aliphatic rings. The van der Waals surface area contributed by atoms with Crippen molar-refractivity contribution in [3.8, 4) is 11.5 Å². The van der Waals surface area contributed by atoms with Gasteiger partial charge in [-0.05, 0) is 23.8 Å². The Morgan fingerprint density at radius 2 is 2.23 bits per heavy atom. The molecule has 0 unspecified atom stereocenters. The number of hydrogen-bond donors (Lipinski definition) is 1. The highest BCUT2D eigenvalue weighted by molar-refractivity contribution is 5.80. The Labute approximate surface area is 151 Å². The van der Waals surface area contributed by atoms with Crippen molar-refractivity contribution in [1.82, 2.24) is 20.0 Å². The molecule has 1 aromatic heterocycles. The zero-order valence-corrected chi connectivity index (χ0v) is 14.7. The number of nitrogens with one attached hydrogen (secondary N) is 1. The van der Waals surface area contributed by atoms with Crippen LogP contribution in [-0.2, 0) is 22.6 Å². The molecule has 0 spiro atoms. The summed E-state index contributed by atoms with van der Waals surface area (Å²) < 4.78 is 17.6. The SMILES string of the molecule is COCCNC(=O)[C@@H]1CN(Cc2ccc3c(c2)OCO3)Cc2ccnn21. The zero-order valence-electron chi connectivity index (χ0n) is 14.7. The largest absolute Gasteiger partial charge is 0.454 e. The van der Waals surface area contributed by atoms with Gasteiger partial charge in [0.1, 0.15) is 6.04 Å². The molecule has 1 amide bonds. The van der Waals surface area contributed by atoms with Crippen LogP contribution in [0.15, 0.2) is 30.5 Å². The van der Waals surface area contributed by atoms with Crippen LogP contribution >= 0.6 is 0 Å². The quantitative estimate of drug-likeness (QED) is 0.774. The van der Waals surface area contributed by atoms with Crippen molar-refractivity contribution in [3.05, 3.63) is 41.7 Å². The first-order chi connectivity index (χ1) is 12.7. The van der Waals surface area contributed by atoms with Crippen molar-refractivity contribution >= 4 is 5.91 Å². The maximum Gasteiger partial charge on any atom is 0.246 e. The molecule has 138 valence electrons. The average molecular weight is 358 g/mol. The first kappa shape index (κ1) is 16.9. The summed E-state index contributed by atoms with van der Waals surface area (Å²) in [7, 11) is 1.62. The Bertz CT molecular complexity index is 791. The highest BCUT2D eigenvalue weighted by Crippen LogP contribution is 2.33. The Morgan fingerprint density at radius 1 is 1.35 bits per heavy atom. The second-order valence-corrected chi connectivity index (χ2v) is 6.42. The van der Waals surface area contributed by atoms with Gasteiger partial charge in [0.2, 0.25) is 12.7 Å². The lowest BCUT2D eigenvalue weighted by atomic mass is 10.1. The monoisotopic (exact) mass is 358 g/mol. The summed E-state index contributed by atoms with van der Waals surface area (Å²) in [5.74, 6) is 1.52. The summed E-state index contributed by atoms with van der Waals surface area (Å²) in [6.07, 6.45) is 1.74. The van der Waals surface area contributed by atoms with Crippen LogP contribution in [0.2, 0.25) is 0 Å². The highest BCUT2D eigenvalue weighted by Gasteiger charge is 2.30. The molecule has 4 rings (SSSR count). The van der Waals surface area contributed by atoms with Gasteiger partial charge in [-0.3, -0.25) is 14.4 Å². The molecule has 1 aromatic carbocycles. The molecule has 2 aromatic rings. The number of ether oxygens (including phenoxy) is 3. The van der Waals surface area contributed by atoms with E-state index < -0.39 is 0 Å². The minimum Gasteiger partial charge on any atom is -0.454 e. The zero-order chi connectivity index (χ0) is 17.9. The van der Waals surface area contributed by atoms with E-state index in [4.69, 9.17) is 14.2 Å². The number of fused-ring (bicyclic) bond motifs is 2. The molecule has 2 aliphatic heterocycles. The van der Waals surface area contributed by atoms with Crippen molar-refractivity contribution < 1.29 is 19.0 Å². The molecule has 0 saturated heterocycles. The maximum absolute atomic E-state index is 12.6. The van der Waals surface area contributed by atoms with Crippen LogP contribution in [0.3, 0.4) is 0 Å². The van der Waals surface area contributed by atoms with Gasteiger partial charge in [0.15, 0.2) is 11.5 Å². The second-order valence-electron chi connectivity index (χ2n) is 6.42. The van der Waals surface area contributed by atoms with Crippen LogP contribution in [0.25, 0.3) is 0 Å². The number of nitrogens with zero attached hydrogens (tertiary/aromatic N) is 3. The molecule has 1 N–H and O–H groups in total. The van der Waals surface area contributed by atoms with Gasteiger partial charge in [-0.1, -0.05) is 6.07 Å². The minimum absolute atomic E-state index is 0.0395. The number of carbonyl (C=O) groups is 1. The molecule has 1 atom stereocenters. The number of amides is 1. The Morgan fingerprint density at radius 3 is 3.12 bits per heavy atom. The third kappa shape index (κ3) is 3.38. The lowest BCUT2D eigenvalue weighted by Crippen LogP contribution is -2.45. The van der Waals surface area contributed by atoms with Gasteiger partial charge in [0.05, 0.1) is 12.3 Å². The van der Waals surface area contributed by atoms with Crippen LogP contribution in [0.1, 0.15) is 17.3 Å². The number of benzene rings is 1. The van der Waals surface area contributed by atoms with E-state index in [1.54, 1.807) is 13.3 Å². The minimum atomic E-state index is -0.348. The molecule has 0 bridgehead atoms. The van der Waals surface area contributed by atoms with Gasteiger partial charge >= 0.3 is 0 Å². The molecule has 26 heavy (non-hydrogen) atoms. The topological polar surface area (TPSA) is 77.8 Å². The summed E-state index contributed by atoms with van der Waals surface area (Å²) in [6.45, 7) is 3.32. The second kappa shape index (κ2) is 7.35. The first-order valence-corrected chi connectivity index (χ1v) is 8.64. The molecule has 8 heteroatoms. The molecule has 0 radical (unpaired) electrons. The smallest absolute Gasteiger partial charge is 0.246 e. The van der Waals surface area contributed by atoms with Crippen molar-refractivity contribution in [2.75, 3.05) is 33.6 Å². The van der Waals surface area contributed by atoms with E-state index in [1.165, 1.54) is 0 Å². The van der Waals surface area contributed by atoms with E-state index in [9.17, 15) is 4.79 Å². The molecule has 0 aliphatic carbocycles. The summed E-state index contributed by atoms with van der Waals surface area (Å²) in [5.41, 5.74) is 2.16. The van der Waals surface area contributed by atoms with Crippen molar-refractivity contribution in [2.45, 2.75) is 19.1 Å². The van der Waals surface area contributed by atoms with E-state index in [0.29, 0.717) is 19.7 Å². The lowest BCUT2D eigenvalue weighted by molar-refractivity contribution is -0.126. The summed E-state index contributed by atoms with van der Waals surface area (Å²) in [5, 5.41) is 7.25. The van der Waals surface area contributed by atoms with Gasteiger partial charge in [0, 0.05) is 39.5 Å². The lowest BCUT2D eigenvalue weighted by Gasteiger charge is -2.33. The average Bonchev–Trinajstić information content (AvgIpc) is 3.29. The fraction of sp³-hybridized carbons (Fsp3) is 0.444. The fourth-order valence-corrected chi connectivity index (χ4v) is 3.37. The van der Waals surface area contributed by atoms with Gasteiger partial charge < -0.3 is 19.5 Å². The number of rotatable bonds is 6. The predicted molar refractivity (Wildman–Crippen MR) is 92.8 cm³/mol. The van der Waals surface area contributed by atoms with Crippen LogP contribution in [-0.4, -0.2) is 54.2 Å². The Kier molecular flexibility index (Phi) is 4.77. The van der Waals surface area contributed by atoms with Gasteiger partial charge in [0.25, 0.3) is 0 Å².